The third kappa shape index (κ3) is 3.51. The third-order valence-corrected chi connectivity index (χ3v) is 4.45. The van der Waals surface area contributed by atoms with Gasteiger partial charge in [0, 0.05) is 4.47 Å². The first-order valence-corrected chi connectivity index (χ1v) is 10.1. The molecule has 1 radical (unpaired) electrons. The molecule has 2 rings (SSSR count). The molecule has 0 N–H and O–H groups in total. The zero-order valence-electron chi connectivity index (χ0n) is 12.8. The normalized spacial score (nSPS) is 13.9. The lowest BCUT2D eigenvalue weighted by atomic mass is 9.83. The van der Waals surface area contributed by atoms with Crippen LogP contribution in [-0.4, -0.2) is 9.04 Å². The number of benzene rings is 2. The smallest absolute Gasteiger partial charge is 0.205 e. The quantitative estimate of drug-likeness (QED) is 0.621. The van der Waals surface area contributed by atoms with E-state index in [1.54, 1.807) is 0 Å². The van der Waals surface area contributed by atoms with Gasteiger partial charge in [-0.05, 0) is 47.0 Å². The van der Waals surface area contributed by atoms with Crippen molar-refractivity contribution in [2.75, 3.05) is 0 Å². The minimum atomic E-state index is -0.759. The first-order valence-electron chi connectivity index (χ1n) is 6.94. The monoisotopic (exact) mass is 349 g/mol. The van der Waals surface area contributed by atoms with E-state index in [9.17, 15) is 0 Å². The van der Waals surface area contributed by atoms with E-state index in [1.807, 2.05) is 0 Å². The van der Waals surface area contributed by atoms with Crippen LogP contribution in [0.15, 0.2) is 40.9 Å². The Morgan fingerprint density at radius 3 is 2.35 bits per heavy atom. The van der Waals surface area contributed by atoms with Gasteiger partial charge in [-0.3, -0.25) is 0 Å². The van der Waals surface area contributed by atoms with E-state index >= 15 is 0 Å². The van der Waals surface area contributed by atoms with Crippen molar-refractivity contribution in [2.45, 2.75) is 40.0 Å². The number of rotatable bonds is 3. The van der Waals surface area contributed by atoms with Gasteiger partial charge < -0.3 is 4.43 Å². The highest BCUT2D eigenvalue weighted by molar-refractivity contribution is 9.10. The third-order valence-electron chi connectivity index (χ3n) is 3.28. The SMILES string of the molecule is C[Si](C)OC(c1cc(Br)cc2ccccc12)C(C)(C)C. The van der Waals surface area contributed by atoms with Crippen LogP contribution in [-0.2, 0) is 4.43 Å². The summed E-state index contributed by atoms with van der Waals surface area (Å²) >= 11 is 3.64. The van der Waals surface area contributed by atoms with Crippen LogP contribution in [0, 0.1) is 5.41 Å². The van der Waals surface area contributed by atoms with Gasteiger partial charge >= 0.3 is 0 Å². The van der Waals surface area contributed by atoms with Gasteiger partial charge in [0.2, 0.25) is 9.04 Å². The maximum Gasteiger partial charge on any atom is 0.205 e. The van der Waals surface area contributed by atoms with Crippen molar-refractivity contribution in [1.29, 1.82) is 0 Å². The Balaban J connectivity index is 2.63. The molecule has 0 saturated heterocycles. The summed E-state index contributed by atoms with van der Waals surface area (Å²) < 4.78 is 7.46. The number of hydrogen-bond donors (Lipinski definition) is 0. The summed E-state index contributed by atoms with van der Waals surface area (Å²) in [6.07, 6.45) is 0.119. The summed E-state index contributed by atoms with van der Waals surface area (Å²) in [7, 11) is -0.759. The Kier molecular flexibility index (Phi) is 4.72. The average molecular weight is 350 g/mol. The number of hydrogen-bond acceptors (Lipinski definition) is 1. The molecule has 0 aromatic heterocycles. The van der Waals surface area contributed by atoms with E-state index in [1.165, 1.54) is 16.3 Å². The Bertz CT molecular complexity index is 601. The fraction of sp³-hybridized carbons (Fsp3) is 0.412. The van der Waals surface area contributed by atoms with Gasteiger partial charge in [-0.1, -0.05) is 61.0 Å². The van der Waals surface area contributed by atoms with E-state index < -0.39 is 9.04 Å². The predicted octanol–water partition coefficient (Wildman–Crippen LogP) is 5.96. The van der Waals surface area contributed by atoms with Crippen LogP contribution in [0.25, 0.3) is 10.8 Å². The lowest BCUT2D eigenvalue weighted by Crippen LogP contribution is -2.26. The van der Waals surface area contributed by atoms with Crippen LogP contribution in [0.5, 0.6) is 0 Å². The van der Waals surface area contributed by atoms with Crippen LogP contribution in [0.1, 0.15) is 32.4 Å². The highest BCUT2D eigenvalue weighted by Crippen LogP contribution is 2.40. The lowest BCUT2D eigenvalue weighted by Gasteiger charge is -2.33. The van der Waals surface area contributed by atoms with Crippen molar-refractivity contribution in [2.24, 2.45) is 5.41 Å². The highest BCUT2D eigenvalue weighted by Gasteiger charge is 2.29. The molecule has 20 heavy (non-hydrogen) atoms. The van der Waals surface area contributed by atoms with Gasteiger partial charge in [-0.2, -0.15) is 0 Å². The van der Waals surface area contributed by atoms with Gasteiger partial charge in [0.15, 0.2) is 0 Å². The van der Waals surface area contributed by atoms with E-state index in [2.05, 4.69) is 86.2 Å². The second kappa shape index (κ2) is 6.00. The largest absolute Gasteiger partial charge is 0.410 e. The van der Waals surface area contributed by atoms with Gasteiger partial charge in [0.25, 0.3) is 0 Å². The second-order valence-electron chi connectivity index (χ2n) is 6.49. The minimum absolute atomic E-state index is 0.0749. The molecule has 1 atom stereocenters. The number of halogens is 1. The Labute approximate surface area is 132 Å². The average Bonchev–Trinajstić information content (AvgIpc) is 2.33. The van der Waals surface area contributed by atoms with Crippen LogP contribution >= 0.6 is 15.9 Å². The van der Waals surface area contributed by atoms with Crippen LogP contribution in [0.3, 0.4) is 0 Å². The molecular formula is C17H22BrOSi. The van der Waals surface area contributed by atoms with Crippen molar-refractivity contribution in [1.82, 2.24) is 0 Å². The fourth-order valence-electron chi connectivity index (χ4n) is 2.46. The molecule has 1 nitrogen and oxygen atoms in total. The van der Waals surface area contributed by atoms with E-state index in [-0.39, 0.29) is 11.5 Å². The molecule has 1 unspecified atom stereocenters. The second-order valence-corrected chi connectivity index (χ2v) is 9.46. The van der Waals surface area contributed by atoms with Crippen LogP contribution in [0.4, 0.5) is 0 Å². The summed E-state index contributed by atoms with van der Waals surface area (Å²) in [6.45, 7) is 11.1. The van der Waals surface area contributed by atoms with Crippen LogP contribution < -0.4 is 0 Å². The number of fused-ring (bicyclic) bond motifs is 1. The predicted molar refractivity (Wildman–Crippen MR) is 92.4 cm³/mol. The molecule has 2 aromatic carbocycles. The lowest BCUT2D eigenvalue weighted by molar-refractivity contribution is 0.0878. The molecule has 0 aliphatic heterocycles. The molecule has 2 aromatic rings. The fourth-order valence-corrected chi connectivity index (χ4v) is 3.91. The Morgan fingerprint density at radius 1 is 1.10 bits per heavy atom. The van der Waals surface area contributed by atoms with Crippen molar-refractivity contribution >= 4 is 35.7 Å². The maximum absolute atomic E-state index is 6.34. The van der Waals surface area contributed by atoms with E-state index in [0.717, 1.165) is 4.47 Å². The van der Waals surface area contributed by atoms with Crippen LogP contribution in [0.2, 0.25) is 13.1 Å². The molecule has 3 heteroatoms. The Hall–Kier alpha value is -0.643. The first kappa shape index (κ1) is 15.7. The minimum Gasteiger partial charge on any atom is -0.410 e. The van der Waals surface area contributed by atoms with Crippen molar-refractivity contribution < 1.29 is 4.43 Å². The summed E-state index contributed by atoms with van der Waals surface area (Å²) in [4.78, 5) is 0. The van der Waals surface area contributed by atoms with Gasteiger partial charge in [0.1, 0.15) is 0 Å². The van der Waals surface area contributed by atoms with Gasteiger partial charge in [-0.15, -0.1) is 0 Å². The molecule has 0 aliphatic carbocycles. The van der Waals surface area contributed by atoms with Gasteiger partial charge in [0.05, 0.1) is 6.10 Å². The first-order chi connectivity index (χ1) is 9.29. The molecule has 0 bridgehead atoms. The van der Waals surface area contributed by atoms with Gasteiger partial charge in [-0.25, -0.2) is 0 Å². The van der Waals surface area contributed by atoms with Crippen molar-refractivity contribution in [3.05, 3.63) is 46.4 Å². The molecule has 0 heterocycles. The molecule has 0 saturated carbocycles. The topological polar surface area (TPSA) is 9.23 Å². The van der Waals surface area contributed by atoms with Crippen molar-refractivity contribution in [3.8, 4) is 0 Å². The molecule has 0 fully saturated rings. The molecule has 0 amide bonds. The zero-order valence-corrected chi connectivity index (χ0v) is 15.4. The standard InChI is InChI=1S/C17H22BrOSi/c1-17(2,3)16(19-20(4)5)15-11-13(18)10-12-8-6-7-9-14(12)15/h6-11,16H,1-5H3. The van der Waals surface area contributed by atoms with E-state index in [4.69, 9.17) is 4.43 Å². The van der Waals surface area contributed by atoms with Crippen molar-refractivity contribution in [3.63, 3.8) is 0 Å². The Morgan fingerprint density at radius 2 is 1.75 bits per heavy atom. The molecule has 107 valence electrons. The molecular weight excluding hydrogens is 328 g/mol. The molecule has 0 aliphatic rings. The summed E-state index contributed by atoms with van der Waals surface area (Å²) in [5, 5.41) is 2.55. The summed E-state index contributed by atoms with van der Waals surface area (Å²) in [6, 6.07) is 12.9. The molecule has 0 spiro atoms. The highest BCUT2D eigenvalue weighted by atomic mass is 79.9. The van der Waals surface area contributed by atoms with E-state index in [0.29, 0.717) is 0 Å². The summed E-state index contributed by atoms with van der Waals surface area (Å²) in [5.41, 5.74) is 1.36. The summed E-state index contributed by atoms with van der Waals surface area (Å²) in [5.74, 6) is 0. The zero-order chi connectivity index (χ0) is 14.9. The maximum atomic E-state index is 6.34.